The Hall–Kier alpha value is -1.76. The maximum Gasteiger partial charge on any atom is 0.358 e. The van der Waals surface area contributed by atoms with Crippen molar-refractivity contribution in [2.24, 2.45) is 0 Å². The van der Waals surface area contributed by atoms with Gasteiger partial charge in [0.15, 0.2) is 5.69 Å². The number of carboxylic acids is 1. The molecule has 0 atom stereocenters. The third-order valence-electron chi connectivity index (χ3n) is 2.78. The van der Waals surface area contributed by atoms with E-state index in [1.807, 2.05) is 6.92 Å². The maximum absolute atomic E-state index is 13.3. The molecule has 0 spiro atoms. The van der Waals surface area contributed by atoms with Crippen LogP contribution in [-0.2, 0) is 13.0 Å². The minimum atomic E-state index is -1.10. The fourth-order valence-electron chi connectivity index (χ4n) is 1.99. The molecule has 2 aromatic rings. The number of carbonyl (C=O) groups is 1. The quantitative estimate of drug-likeness (QED) is 0.907. The van der Waals surface area contributed by atoms with Crippen molar-refractivity contribution in [3.8, 4) is 0 Å². The molecule has 0 aliphatic carbocycles. The van der Waals surface area contributed by atoms with Crippen molar-refractivity contribution in [2.75, 3.05) is 0 Å². The summed E-state index contributed by atoms with van der Waals surface area (Å²) >= 11 is 3.22. The minimum Gasteiger partial charge on any atom is -0.476 e. The zero-order valence-electron chi connectivity index (χ0n) is 10.8. The number of carboxylic acid groups (broad SMARTS) is 1. The van der Waals surface area contributed by atoms with E-state index in [1.54, 1.807) is 6.07 Å². The molecule has 20 heavy (non-hydrogen) atoms. The molecule has 106 valence electrons. The molecule has 2 rings (SSSR count). The van der Waals surface area contributed by atoms with Crippen LogP contribution in [0, 0.1) is 5.82 Å². The Morgan fingerprint density at radius 2 is 2.20 bits per heavy atom. The molecule has 0 unspecified atom stereocenters. The number of hydrogen-bond donors (Lipinski definition) is 1. The number of benzene rings is 1. The minimum absolute atomic E-state index is 0.0395. The van der Waals surface area contributed by atoms with E-state index < -0.39 is 5.97 Å². The molecule has 0 amide bonds. The van der Waals surface area contributed by atoms with Crippen LogP contribution in [0.5, 0.6) is 0 Å². The van der Waals surface area contributed by atoms with Crippen molar-refractivity contribution in [3.63, 3.8) is 0 Å². The highest BCUT2D eigenvalue weighted by Crippen LogP contribution is 2.17. The normalized spacial score (nSPS) is 10.8. The Morgan fingerprint density at radius 3 is 2.80 bits per heavy atom. The number of aromatic carboxylic acids is 1. The molecule has 0 aliphatic rings. The molecule has 5 nitrogen and oxygen atoms in total. The Kier molecular flexibility index (Phi) is 4.49. The van der Waals surface area contributed by atoms with Crippen LogP contribution in [0.4, 0.5) is 4.39 Å². The molecular formula is C13H13BrFN3O2. The average molecular weight is 342 g/mol. The van der Waals surface area contributed by atoms with Gasteiger partial charge in [-0.1, -0.05) is 34.5 Å². The summed E-state index contributed by atoms with van der Waals surface area (Å²) in [6.45, 7) is 2.23. The summed E-state index contributed by atoms with van der Waals surface area (Å²) in [7, 11) is 0. The van der Waals surface area contributed by atoms with Gasteiger partial charge < -0.3 is 5.11 Å². The second kappa shape index (κ2) is 6.13. The van der Waals surface area contributed by atoms with Crippen molar-refractivity contribution in [2.45, 2.75) is 26.3 Å². The summed E-state index contributed by atoms with van der Waals surface area (Å²) < 4.78 is 15.5. The number of hydrogen-bond acceptors (Lipinski definition) is 3. The summed E-state index contributed by atoms with van der Waals surface area (Å²) in [6.07, 6.45) is 1.34. The first-order chi connectivity index (χ1) is 9.51. The van der Waals surface area contributed by atoms with Crippen molar-refractivity contribution in [1.82, 2.24) is 15.0 Å². The molecule has 0 fully saturated rings. The van der Waals surface area contributed by atoms with Crippen LogP contribution in [-0.4, -0.2) is 26.1 Å². The van der Waals surface area contributed by atoms with Gasteiger partial charge in [-0.05, 0) is 30.2 Å². The molecule has 1 heterocycles. The number of aromatic nitrogens is 3. The molecule has 0 radical (unpaired) electrons. The fourth-order valence-corrected chi connectivity index (χ4v) is 2.50. The molecule has 0 bridgehead atoms. The van der Waals surface area contributed by atoms with E-state index in [0.717, 1.165) is 6.42 Å². The number of nitrogens with zero attached hydrogens (tertiary/aromatic N) is 3. The van der Waals surface area contributed by atoms with E-state index >= 15 is 0 Å². The van der Waals surface area contributed by atoms with Crippen LogP contribution in [0.15, 0.2) is 22.7 Å². The van der Waals surface area contributed by atoms with Crippen LogP contribution >= 0.6 is 15.9 Å². The second-order valence-corrected chi connectivity index (χ2v) is 5.29. The highest BCUT2D eigenvalue weighted by atomic mass is 79.9. The Morgan fingerprint density at radius 1 is 1.45 bits per heavy atom. The van der Waals surface area contributed by atoms with Gasteiger partial charge in [0.05, 0.1) is 12.2 Å². The topological polar surface area (TPSA) is 68.0 Å². The largest absolute Gasteiger partial charge is 0.476 e. The molecule has 0 saturated heterocycles. The molecule has 0 aliphatic heterocycles. The first kappa shape index (κ1) is 14.6. The van der Waals surface area contributed by atoms with Crippen molar-refractivity contribution in [3.05, 3.63) is 45.4 Å². The molecular weight excluding hydrogens is 329 g/mol. The van der Waals surface area contributed by atoms with Crippen LogP contribution in [0.2, 0.25) is 0 Å². The fraction of sp³-hybridized carbons (Fsp3) is 0.308. The van der Waals surface area contributed by atoms with Gasteiger partial charge in [0.1, 0.15) is 5.82 Å². The van der Waals surface area contributed by atoms with E-state index in [4.69, 9.17) is 5.11 Å². The van der Waals surface area contributed by atoms with Gasteiger partial charge in [-0.2, -0.15) is 0 Å². The summed E-state index contributed by atoms with van der Waals surface area (Å²) in [5.41, 5.74) is 1.21. The average Bonchev–Trinajstić information content (AvgIpc) is 2.72. The third-order valence-corrected chi connectivity index (χ3v) is 3.24. The Bertz CT molecular complexity index is 622. The third kappa shape index (κ3) is 3.22. The van der Waals surface area contributed by atoms with Crippen LogP contribution in [0.25, 0.3) is 0 Å². The lowest BCUT2D eigenvalue weighted by atomic mass is 10.2. The van der Waals surface area contributed by atoms with Crippen LogP contribution < -0.4 is 0 Å². The van der Waals surface area contributed by atoms with Gasteiger partial charge in [-0.25, -0.2) is 13.9 Å². The van der Waals surface area contributed by atoms with E-state index in [-0.39, 0.29) is 18.1 Å². The van der Waals surface area contributed by atoms with Crippen LogP contribution in [0.1, 0.15) is 35.1 Å². The van der Waals surface area contributed by atoms with Gasteiger partial charge in [0.25, 0.3) is 0 Å². The molecule has 1 N–H and O–H groups in total. The summed E-state index contributed by atoms with van der Waals surface area (Å²) in [5.74, 6) is -1.45. The highest BCUT2D eigenvalue weighted by molar-refractivity contribution is 9.10. The summed E-state index contributed by atoms with van der Waals surface area (Å²) in [4.78, 5) is 11.1. The standard InChI is InChI=1S/C13H13BrFN3O2/c1-2-3-11-12(13(19)20)16-17-18(11)7-8-4-9(14)6-10(15)5-8/h4-6H,2-3,7H2,1H3,(H,19,20). The van der Waals surface area contributed by atoms with Gasteiger partial charge in [-0.15, -0.1) is 5.10 Å². The lowest BCUT2D eigenvalue weighted by molar-refractivity contribution is 0.0689. The number of halogens is 2. The Balaban J connectivity index is 2.35. The first-order valence-corrected chi connectivity index (χ1v) is 6.91. The predicted octanol–water partition coefficient (Wildman–Crippen LogP) is 2.88. The van der Waals surface area contributed by atoms with Crippen LogP contribution in [0.3, 0.4) is 0 Å². The molecule has 7 heteroatoms. The number of rotatable bonds is 5. The van der Waals surface area contributed by atoms with Crippen molar-refractivity contribution in [1.29, 1.82) is 0 Å². The zero-order chi connectivity index (χ0) is 14.7. The van der Waals surface area contributed by atoms with Crippen molar-refractivity contribution < 1.29 is 14.3 Å². The van der Waals surface area contributed by atoms with E-state index in [9.17, 15) is 9.18 Å². The van der Waals surface area contributed by atoms with Crippen molar-refractivity contribution >= 4 is 21.9 Å². The summed E-state index contributed by atoms with van der Waals surface area (Å²) in [6, 6.07) is 4.52. The van der Waals surface area contributed by atoms with Gasteiger partial charge in [-0.3, -0.25) is 0 Å². The molecule has 1 aromatic carbocycles. The highest BCUT2D eigenvalue weighted by Gasteiger charge is 2.18. The van der Waals surface area contributed by atoms with Gasteiger partial charge in [0.2, 0.25) is 0 Å². The monoisotopic (exact) mass is 341 g/mol. The van der Waals surface area contributed by atoms with E-state index in [2.05, 4.69) is 26.2 Å². The predicted molar refractivity (Wildman–Crippen MR) is 74.2 cm³/mol. The maximum atomic E-state index is 13.3. The van der Waals surface area contributed by atoms with E-state index in [1.165, 1.54) is 16.8 Å². The smallest absolute Gasteiger partial charge is 0.358 e. The lowest BCUT2D eigenvalue weighted by Crippen LogP contribution is -2.09. The summed E-state index contributed by atoms with van der Waals surface area (Å²) in [5, 5.41) is 16.6. The van der Waals surface area contributed by atoms with Gasteiger partial charge in [0, 0.05) is 4.47 Å². The second-order valence-electron chi connectivity index (χ2n) is 4.38. The lowest BCUT2D eigenvalue weighted by Gasteiger charge is -2.07. The van der Waals surface area contributed by atoms with E-state index in [0.29, 0.717) is 22.2 Å². The zero-order valence-corrected chi connectivity index (χ0v) is 12.4. The first-order valence-electron chi connectivity index (χ1n) is 6.12. The molecule has 0 saturated carbocycles. The van der Waals surface area contributed by atoms with Gasteiger partial charge >= 0.3 is 5.97 Å². The molecule has 1 aromatic heterocycles. The SMILES string of the molecule is CCCc1c(C(=O)O)nnn1Cc1cc(F)cc(Br)c1. The Labute approximate surface area is 123 Å².